The molecule has 7 heteroatoms. The SMILES string of the molecule is Cc1cccc(OC(=O)c2cn(C)nc2C(F)(F)F)c1C. The number of benzene rings is 1. The summed E-state index contributed by atoms with van der Waals surface area (Å²) >= 11 is 0. The lowest BCUT2D eigenvalue weighted by Gasteiger charge is -2.09. The number of esters is 1. The zero-order valence-electron chi connectivity index (χ0n) is 11.7. The summed E-state index contributed by atoms with van der Waals surface area (Å²) in [6.45, 7) is 3.55. The second-order valence-corrected chi connectivity index (χ2v) is 4.65. The normalized spacial score (nSPS) is 11.5. The number of carbonyl (C=O) groups is 1. The van der Waals surface area contributed by atoms with Gasteiger partial charge in [-0.2, -0.15) is 18.3 Å². The summed E-state index contributed by atoms with van der Waals surface area (Å²) < 4.78 is 44.5. The minimum atomic E-state index is -4.71. The van der Waals surface area contributed by atoms with Crippen molar-refractivity contribution in [1.29, 1.82) is 0 Å². The fourth-order valence-electron chi connectivity index (χ4n) is 1.84. The van der Waals surface area contributed by atoms with Gasteiger partial charge < -0.3 is 4.74 Å². The van der Waals surface area contributed by atoms with E-state index in [1.54, 1.807) is 13.0 Å². The number of carbonyl (C=O) groups excluding carboxylic acids is 1. The average Bonchev–Trinajstić information content (AvgIpc) is 2.77. The smallest absolute Gasteiger partial charge is 0.423 e. The quantitative estimate of drug-likeness (QED) is 0.631. The van der Waals surface area contributed by atoms with Gasteiger partial charge in [-0.25, -0.2) is 4.79 Å². The molecule has 0 aliphatic heterocycles. The van der Waals surface area contributed by atoms with Crippen LogP contribution in [0, 0.1) is 13.8 Å². The molecule has 0 fully saturated rings. The van der Waals surface area contributed by atoms with Gasteiger partial charge in [0.05, 0.1) is 0 Å². The first-order valence-corrected chi connectivity index (χ1v) is 6.09. The van der Waals surface area contributed by atoms with Crippen LogP contribution < -0.4 is 4.74 Å². The van der Waals surface area contributed by atoms with Gasteiger partial charge in [-0.15, -0.1) is 0 Å². The van der Waals surface area contributed by atoms with Crippen molar-refractivity contribution in [3.05, 3.63) is 46.8 Å². The third-order valence-electron chi connectivity index (χ3n) is 3.07. The van der Waals surface area contributed by atoms with Crippen LogP contribution in [0.1, 0.15) is 27.2 Å². The lowest BCUT2D eigenvalue weighted by Crippen LogP contribution is -2.16. The van der Waals surface area contributed by atoms with Crippen LogP contribution in [0.15, 0.2) is 24.4 Å². The summed E-state index contributed by atoms with van der Waals surface area (Å²) in [6.07, 6.45) is -3.71. The second kappa shape index (κ2) is 5.23. The molecule has 0 aliphatic carbocycles. The largest absolute Gasteiger partial charge is 0.436 e. The fraction of sp³-hybridized carbons (Fsp3) is 0.286. The highest BCUT2D eigenvalue weighted by atomic mass is 19.4. The second-order valence-electron chi connectivity index (χ2n) is 4.65. The van der Waals surface area contributed by atoms with Gasteiger partial charge in [-0.1, -0.05) is 12.1 Å². The number of alkyl halides is 3. The molecule has 0 spiro atoms. The number of hydrogen-bond acceptors (Lipinski definition) is 3. The average molecular weight is 298 g/mol. The van der Waals surface area contributed by atoms with Crippen LogP contribution in [0.4, 0.5) is 13.2 Å². The molecule has 4 nitrogen and oxygen atoms in total. The van der Waals surface area contributed by atoms with E-state index in [0.717, 1.165) is 16.4 Å². The van der Waals surface area contributed by atoms with E-state index in [0.29, 0.717) is 5.56 Å². The first-order chi connectivity index (χ1) is 9.70. The number of aromatic nitrogens is 2. The minimum absolute atomic E-state index is 0.233. The highest BCUT2D eigenvalue weighted by Crippen LogP contribution is 2.31. The Balaban J connectivity index is 2.36. The number of nitrogens with zero attached hydrogens (tertiary/aromatic N) is 2. The van der Waals surface area contributed by atoms with Crippen molar-refractivity contribution >= 4 is 5.97 Å². The third kappa shape index (κ3) is 3.07. The summed E-state index contributed by atoms with van der Waals surface area (Å²) in [7, 11) is 1.31. The zero-order valence-corrected chi connectivity index (χ0v) is 11.7. The topological polar surface area (TPSA) is 44.1 Å². The molecule has 0 saturated carbocycles. The van der Waals surface area contributed by atoms with Crippen molar-refractivity contribution in [3.8, 4) is 5.75 Å². The number of rotatable bonds is 2. The summed E-state index contributed by atoms with van der Waals surface area (Å²) in [5, 5.41) is 3.28. The summed E-state index contributed by atoms with van der Waals surface area (Å²) in [5.74, 6) is -0.846. The van der Waals surface area contributed by atoms with Gasteiger partial charge >= 0.3 is 12.1 Å². The van der Waals surface area contributed by atoms with Gasteiger partial charge in [-0.05, 0) is 31.0 Å². The van der Waals surface area contributed by atoms with Crippen LogP contribution in [0.25, 0.3) is 0 Å². The molecule has 1 heterocycles. The van der Waals surface area contributed by atoms with E-state index in [9.17, 15) is 18.0 Å². The molecule has 0 amide bonds. The molecule has 0 aliphatic rings. The van der Waals surface area contributed by atoms with E-state index in [-0.39, 0.29) is 5.75 Å². The Morgan fingerprint density at radius 2 is 1.95 bits per heavy atom. The molecule has 0 unspecified atom stereocenters. The van der Waals surface area contributed by atoms with Crippen molar-refractivity contribution < 1.29 is 22.7 Å². The number of halogens is 3. The van der Waals surface area contributed by atoms with Crippen molar-refractivity contribution in [2.45, 2.75) is 20.0 Å². The van der Waals surface area contributed by atoms with Crippen LogP contribution in [-0.2, 0) is 13.2 Å². The Hall–Kier alpha value is -2.31. The number of ether oxygens (including phenoxy) is 1. The van der Waals surface area contributed by atoms with E-state index in [2.05, 4.69) is 5.10 Å². The van der Waals surface area contributed by atoms with Gasteiger partial charge in [0.25, 0.3) is 0 Å². The van der Waals surface area contributed by atoms with E-state index in [1.165, 1.54) is 13.1 Å². The molecule has 1 aromatic carbocycles. The highest BCUT2D eigenvalue weighted by molar-refractivity contribution is 5.92. The van der Waals surface area contributed by atoms with Gasteiger partial charge in [-0.3, -0.25) is 4.68 Å². The molecule has 0 N–H and O–H groups in total. The van der Waals surface area contributed by atoms with Gasteiger partial charge in [0.1, 0.15) is 11.3 Å². The van der Waals surface area contributed by atoms with E-state index >= 15 is 0 Å². The molecule has 1 aromatic heterocycles. The Morgan fingerprint density at radius 3 is 2.57 bits per heavy atom. The zero-order chi connectivity index (χ0) is 15.8. The number of aryl methyl sites for hydroxylation is 2. The Bertz CT molecular complexity index is 690. The first-order valence-electron chi connectivity index (χ1n) is 6.09. The molecule has 0 radical (unpaired) electrons. The van der Waals surface area contributed by atoms with Crippen LogP contribution >= 0.6 is 0 Å². The molecule has 112 valence electrons. The summed E-state index contributed by atoms with van der Waals surface area (Å²) in [5.41, 5.74) is -0.281. The van der Waals surface area contributed by atoms with Crippen molar-refractivity contribution in [3.63, 3.8) is 0 Å². The number of hydrogen-bond donors (Lipinski definition) is 0. The van der Waals surface area contributed by atoms with Crippen LogP contribution in [0.3, 0.4) is 0 Å². The fourth-order valence-corrected chi connectivity index (χ4v) is 1.84. The van der Waals surface area contributed by atoms with Crippen LogP contribution in [0.2, 0.25) is 0 Å². The molecule has 2 aromatic rings. The molecular weight excluding hydrogens is 285 g/mol. The lowest BCUT2D eigenvalue weighted by atomic mass is 10.1. The van der Waals surface area contributed by atoms with Gasteiger partial charge in [0.2, 0.25) is 0 Å². The summed E-state index contributed by atoms with van der Waals surface area (Å²) in [4.78, 5) is 12.0. The van der Waals surface area contributed by atoms with E-state index in [1.807, 2.05) is 13.0 Å². The Kier molecular flexibility index (Phi) is 3.76. The van der Waals surface area contributed by atoms with E-state index in [4.69, 9.17) is 4.74 Å². The minimum Gasteiger partial charge on any atom is -0.423 e. The van der Waals surface area contributed by atoms with Gasteiger partial charge in [0, 0.05) is 13.2 Å². The van der Waals surface area contributed by atoms with Crippen molar-refractivity contribution in [2.24, 2.45) is 7.05 Å². The molecule has 21 heavy (non-hydrogen) atoms. The predicted octanol–water partition coefficient (Wildman–Crippen LogP) is 3.27. The van der Waals surface area contributed by atoms with E-state index < -0.39 is 23.4 Å². The van der Waals surface area contributed by atoms with Gasteiger partial charge in [0.15, 0.2) is 5.69 Å². The van der Waals surface area contributed by atoms with Crippen LogP contribution in [0.5, 0.6) is 5.75 Å². The molecular formula is C14H13F3N2O2. The monoisotopic (exact) mass is 298 g/mol. The van der Waals surface area contributed by atoms with Crippen LogP contribution in [-0.4, -0.2) is 15.7 Å². The van der Waals surface area contributed by atoms with Crippen molar-refractivity contribution in [1.82, 2.24) is 9.78 Å². The van der Waals surface area contributed by atoms with Crippen molar-refractivity contribution in [2.75, 3.05) is 0 Å². The first kappa shape index (κ1) is 15.1. The third-order valence-corrected chi connectivity index (χ3v) is 3.07. The highest BCUT2D eigenvalue weighted by Gasteiger charge is 2.39. The Labute approximate surface area is 119 Å². The maximum absolute atomic E-state index is 12.8. The summed E-state index contributed by atoms with van der Waals surface area (Å²) in [6, 6.07) is 5.01. The molecule has 2 rings (SSSR count). The molecule has 0 atom stereocenters. The molecule has 0 bridgehead atoms. The maximum atomic E-state index is 12.8. The predicted molar refractivity (Wildman–Crippen MR) is 69.1 cm³/mol. The molecule has 0 saturated heterocycles. The maximum Gasteiger partial charge on any atom is 0.436 e. The standard InChI is InChI=1S/C14H13F3N2O2/c1-8-5-4-6-11(9(8)2)21-13(20)10-7-19(3)18-12(10)14(15,16)17/h4-7H,1-3H3. The lowest BCUT2D eigenvalue weighted by molar-refractivity contribution is -0.141. The Morgan fingerprint density at radius 1 is 1.29 bits per heavy atom.